The number of aromatic nitrogens is 2. The van der Waals surface area contributed by atoms with Crippen molar-refractivity contribution in [2.75, 3.05) is 32.4 Å². The molecule has 4 aromatic rings. The van der Waals surface area contributed by atoms with Crippen LogP contribution < -0.4 is 19.5 Å². The van der Waals surface area contributed by atoms with Crippen LogP contribution in [0.15, 0.2) is 78.0 Å². The van der Waals surface area contributed by atoms with Crippen LogP contribution in [0, 0.1) is 13.8 Å². The molecule has 0 aliphatic heterocycles. The number of benzene rings is 3. The number of halogens is 1. The highest BCUT2D eigenvalue weighted by Gasteiger charge is 2.33. The molecule has 43 heavy (non-hydrogen) atoms. The lowest BCUT2D eigenvalue weighted by atomic mass is 10.0. The third-order valence-electron chi connectivity index (χ3n) is 6.56. The molecule has 1 N–H and O–H groups in total. The standard InChI is InChI=1S/C32H33ClN4O5S/c1-20-16-21(2)35-32(34-20)43-19-29(38)37(18-23-8-6-7-9-26(23)33)30(22-10-12-24(40-3)13-11-22)31(39)36-27-15-14-25(41-4)17-28(27)42-5/h6-17,30H,18-19H2,1-5H3,(H,36,39)/t30-/m1/s1. The van der Waals surface area contributed by atoms with E-state index in [1.165, 1.54) is 23.8 Å². The van der Waals surface area contributed by atoms with E-state index in [9.17, 15) is 9.59 Å². The van der Waals surface area contributed by atoms with Crippen LogP contribution in [0.2, 0.25) is 5.02 Å². The van der Waals surface area contributed by atoms with E-state index < -0.39 is 11.9 Å². The molecule has 0 bridgehead atoms. The minimum absolute atomic E-state index is 0.000856. The number of ether oxygens (including phenoxy) is 3. The van der Waals surface area contributed by atoms with Crippen molar-refractivity contribution < 1.29 is 23.8 Å². The molecular weight excluding hydrogens is 588 g/mol. The molecule has 0 saturated heterocycles. The van der Waals surface area contributed by atoms with Gasteiger partial charge in [-0.05, 0) is 61.4 Å². The van der Waals surface area contributed by atoms with E-state index in [2.05, 4.69) is 15.3 Å². The lowest BCUT2D eigenvalue weighted by molar-refractivity contribution is -0.137. The molecule has 9 nitrogen and oxygen atoms in total. The topological polar surface area (TPSA) is 103 Å². The number of methoxy groups -OCH3 is 3. The number of anilines is 1. The van der Waals surface area contributed by atoms with Gasteiger partial charge in [-0.2, -0.15) is 0 Å². The fourth-order valence-electron chi connectivity index (χ4n) is 4.46. The van der Waals surface area contributed by atoms with Gasteiger partial charge in [-0.25, -0.2) is 9.97 Å². The van der Waals surface area contributed by atoms with Crippen molar-refractivity contribution in [2.45, 2.75) is 31.6 Å². The predicted octanol–water partition coefficient (Wildman–Crippen LogP) is 6.27. The summed E-state index contributed by atoms with van der Waals surface area (Å²) < 4.78 is 16.1. The highest BCUT2D eigenvalue weighted by molar-refractivity contribution is 7.99. The molecule has 0 aliphatic carbocycles. The zero-order chi connectivity index (χ0) is 30.9. The average molecular weight is 621 g/mol. The maximum Gasteiger partial charge on any atom is 0.251 e. The first-order valence-corrected chi connectivity index (χ1v) is 14.7. The molecule has 224 valence electrons. The maximum absolute atomic E-state index is 14.2. The number of amides is 2. The number of aryl methyl sites for hydroxylation is 2. The van der Waals surface area contributed by atoms with Crippen molar-refractivity contribution in [3.63, 3.8) is 0 Å². The molecular formula is C32H33ClN4O5S. The van der Waals surface area contributed by atoms with Gasteiger partial charge in [-0.3, -0.25) is 9.59 Å². The van der Waals surface area contributed by atoms with Crippen LogP contribution in [-0.2, 0) is 16.1 Å². The minimum Gasteiger partial charge on any atom is -0.497 e. The highest BCUT2D eigenvalue weighted by atomic mass is 35.5. The Morgan fingerprint density at radius 2 is 1.53 bits per heavy atom. The van der Waals surface area contributed by atoms with Gasteiger partial charge in [0.15, 0.2) is 5.16 Å². The Balaban J connectivity index is 1.75. The van der Waals surface area contributed by atoms with E-state index in [-0.39, 0.29) is 18.2 Å². The SMILES string of the molecule is COc1ccc([C@H](C(=O)Nc2ccc(OC)cc2OC)N(Cc2ccccc2Cl)C(=O)CSc2nc(C)cc(C)n2)cc1. The largest absolute Gasteiger partial charge is 0.497 e. The number of hydrogen-bond donors (Lipinski definition) is 1. The van der Waals surface area contributed by atoms with Crippen LogP contribution in [0.5, 0.6) is 17.2 Å². The summed E-state index contributed by atoms with van der Waals surface area (Å²) >= 11 is 7.75. The predicted molar refractivity (Wildman–Crippen MR) is 168 cm³/mol. The van der Waals surface area contributed by atoms with Gasteiger partial charge in [0, 0.05) is 29.0 Å². The van der Waals surface area contributed by atoms with E-state index in [4.69, 9.17) is 25.8 Å². The molecule has 0 unspecified atom stereocenters. The van der Waals surface area contributed by atoms with Crippen LogP contribution in [-0.4, -0.2) is 53.8 Å². The molecule has 1 aromatic heterocycles. The second kappa shape index (κ2) is 14.8. The van der Waals surface area contributed by atoms with E-state index in [1.54, 1.807) is 62.8 Å². The monoisotopic (exact) mass is 620 g/mol. The molecule has 0 aliphatic rings. The van der Waals surface area contributed by atoms with Crippen molar-refractivity contribution in [1.29, 1.82) is 0 Å². The van der Waals surface area contributed by atoms with Crippen LogP contribution >= 0.6 is 23.4 Å². The lowest BCUT2D eigenvalue weighted by Gasteiger charge is -2.32. The number of rotatable bonds is 12. The molecule has 0 spiro atoms. The van der Waals surface area contributed by atoms with Gasteiger partial charge in [0.2, 0.25) is 5.91 Å². The van der Waals surface area contributed by atoms with Crippen molar-refractivity contribution in [1.82, 2.24) is 14.9 Å². The summed E-state index contributed by atoms with van der Waals surface area (Å²) in [6.45, 7) is 3.83. The molecule has 11 heteroatoms. The summed E-state index contributed by atoms with van der Waals surface area (Å²) in [6.07, 6.45) is 0. The van der Waals surface area contributed by atoms with Crippen LogP contribution in [0.3, 0.4) is 0 Å². The van der Waals surface area contributed by atoms with Crippen LogP contribution in [0.4, 0.5) is 5.69 Å². The highest BCUT2D eigenvalue weighted by Crippen LogP contribution is 2.33. The molecule has 2 amide bonds. The Hall–Kier alpha value is -4.28. The van der Waals surface area contributed by atoms with Crippen LogP contribution in [0.25, 0.3) is 0 Å². The molecule has 1 heterocycles. The zero-order valence-corrected chi connectivity index (χ0v) is 26.2. The first-order valence-electron chi connectivity index (χ1n) is 13.4. The Morgan fingerprint density at radius 1 is 0.884 bits per heavy atom. The number of nitrogens with one attached hydrogen (secondary N) is 1. The Labute approximate surface area is 260 Å². The molecule has 0 fully saturated rings. The summed E-state index contributed by atoms with van der Waals surface area (Å²) in [5.41, 5.74) is 3.31. The fourth-order valence-corrected chi connectivity index (χ4v) is 5.49. The van der Waals surface area contributed by atoms with Gasteiger partial charge >= 0.3 is 0 Å². The number of nitrogens with zero attached hydrogens (tertiary/aromatic N) is 3. The van der Waals surface area contributed by atoms with E-state index in [1.807, 2.05) is 38.1 Å². The quantitative estimate of drug-likeness (QED) is 0.146. The second-order valence-corrected chi connectivity index (χ2v) is 10.9. The minimum atomic E-state index is -1.04. The van der Waals surface area contributed by atoms with E-state index in [0.29, 0.717) is 44.2 Å². The summed E-state index contributed by atoms with van der Waals surface area (Å²) in [6, 6.07) is 20.2. The van der Waals surface area contributed by atoms with Gasteiger partial charge in [0.25, 0.3) is 5.91 Å². The van der Waals surface area contributed by atoms with Crippen molar-refractivity contribution >= 4 is 40.9 Å². The first kappa shape index (κ1) is 31.7. The zero-order valence-electron chi connectivity index (χ0n) is 24.6. The summed E-state index contributed by atoms with van der Waals surface area (Å²) in [5.74, 6) is 0.854. The number of carbonyl (C=O) groups is 2. The third kappa shape index (κ3) is 8.18. The van der Waals surface area contributed by atoms with Gasteiger partial charge in [-0.15, -0.1) is 0 Å². The number of carbonyl (C=O) groups excluding carboxylic acids is 2. The maximum atomic E-state index is 14.2. The molecule has 1 atom stereocenters. The molecule has 4 rings (SSSR count). The fraction of sp³-hybridized carbons (Fsp3) is 0.250. The molecule has 0 saturated carbocycles. The van der Waals surface area contributed by atoms with Crippen LogP contribution in [0.1, 0.15) is 28.6 Å². The van der Waals surface area contributed by atoms with Crippen molar-refractivity contribution in [2.24, 2.45) is 0 Å². The Bertz CT molecular complexity index is 1560. The van der Waals surface area contributed by atoms with Gasteiger partial charge < -0.3 is 24.4 Å². The average Bonchev–Trinajstić information content (AvgIpc) is 3.00. The molecule has 0 radical (unpaired) electrons. The van der Waals surface area contributed by atoms with E-state index in [0.717, 1.165) is 11.4 Å². The summed E-state index contributed by atoms with van der Waals surface area (Å²) in [7, 11) is 4.62. The normalized spacial score (nSPS) is 11.4. The number of hydrogen-bond acceptors (Lipinski definition) is 8. The molecule has 3 aromatic carbocycles. The van der Waals surface area contributed by atoms with Crippen molar-refractivity contribution in [3.8, 4) is 17.2 Å². The van der Waals surface area contributed by atoms with Gasteiger partial charge in [0.1, 0.15) is 23.3 Å². The summed E-state index contributed by atoms with van der Waals surface area (Å²) in [5, 5.41) is 3.92. The van der Waals surface area contributed by atoms with Crippen molar-refractivity contribution in [3.05, 3.63) is 100 Å². The van der Waals surface area contributed by atoms with Gasteiger partial charge in [-0.1, -0.05) is 53.7 Å². The second-order valence-electron chi connectivity index (χ2n) is 9.57. The lowest BCUT2D eigenvalue weighted by Crippen LogP contribution is -2.42. The first-order chi connectivity index (χ1) is 20.7. The smallest absolute Gasteiger partial charge is 0.251 e. The summed E-state index contributed by atoms with van der Waals surface area (Å²) in [4.78, 5) is 38.7. The third-order valence-corrected chi connectivity index (χ3v) is 7.76. The van der Waals surface area contributed by atoms with Gasteiger partial charge in [0.05, 0.1) is 32.8 Å². The Kier molecular flexibility index (Phi) is 10.9. The number of thioether (sulfide) groups is 1. The van der Waals surface area contributed by atoms with E-state index >= 15 is 0 Å². The Morgan fingerprint density at radius 3 is 2.16 bits per heavy atom.